The van der Waals surface area contributed by atoms with Crippen molar-refractivity contribution in [3.63, 3.8) is 0 Å². The third kappa shape index (κ3) is 11.5. The number of nitrogens with zero attached hydrogens (tertiary/aromatic N) is 1. The lowest BCUT2D eigenvalue weighted by Crippen LogP contribution is -2.33. The second kappa shape index (κ2) is 9.05. The first-order valence-electron chi connectivity index (χ1n) is 6.25. The largest absolute Gasteiger partial charge is 0.748 e. The van der Waals surface area contributed by atoms with E-state index in [9.17, 15) is 0 Å². The molecule has 1 aromatic heterocycles. The molecular weight excluding hydrogens is 250 g/mol. The van der Waals surface area contributed by atoms with Gasteiger partial charge in [0.15, 0.2) is 12.4 Å². The Bertz CT molecular complexity index is 422. The minimum atomic E-state index is -3.92. The number of aromatic nitrogens is 1. The van der Waals surface area contributed by atoms with Crippen LogP contribution in [0.2, 0.25) is 0 Å². The molecule has 104 valence electrons. The summed E-state index contributed by atoms with van der Waals surface area (Å²) in [6.07, 6.45) is 10.1. The molecule has 0 aromatic carbocycles. The second-order valence-corrected chi connectivity index (χ2v) is 5.62. The molecule has 0 saturated carbocycles. The van der Waals surface area contributed by atoms with Crippen LogP contribution in [0, 0.1) is 0 Å². The molecule has 1 aromatic rings. The Balaban J connectivity index is 0.000000494. The van der Waals surface area contributed by atoms with Crippen LogP contribution in [-0.4, -0.2) is 19.2 Å². The van der Waals surface area contributed by atoms with Gasteiger partial charge < -0.3 is 4.55 Å². The molecule has 0 bridgehead atoms. The minimum Gasteiger partial charge on any atom is -0.748 e. The first-order valence-corrected chi connectivity index (χ1v) is 8.07. The molecule has 0 spiro atoms. The Morgan fingerprint density at radius 1 is 1.28 bits per heavy atom. The zero-order valence-corrected chi connectivity index (χ0v) is 12.2. The quantitative estimate of drug-likeness (QED) is 0.467. The van der Waals surface area contributed by atoms with E-state index in [1.165, 1.54) is 31.4 Å². The molecule has 0 unspecified atom stereocenters. The molecule has 1 rings (SSSR count). The van der Waals surface area contributed by atoms with Crippen LogP contribution < -0.4 is 4.57 Å². The van der Waals surface area contributed by atoms with Gasteiger partial charge in [-0.25, -0.2) is 13.0 Å². The predicted molar refractivity (Wildman–Crippen MR) is 71.2 cm³/mol. The van der Waals surface area contributed by atoms with Crippen molar-refractivity contribution in [2.45, 2.75) is 46.1 Å². The van der Waals surface area contributed by atoms with E-state index < -0.39 is 10.1 Å². The lowest BCUT2D eigenvalue weighted by atomic mass is 10.2. The Morgan fingerprint density at radius 2 is 1.89 bits per heavy atom. The van der Waals surface area contributed by atoms with Crippen molar-refractivity contribution in [3.8, 4) is 0 Å². The SMILES string of the molecule is CCCCC[n+]1cccc(CC)c1.CS(=O)(=O)[O-]. The molecule has 0 radical (unpaired) electrons. The highest BCUT2D eigenvalue weighted by Gasteiger charge is 1.99. The molecule has 4 nitrogen and oxygen atoms in total. The summed E-state index contributed by atoms with van der Waals surface area (Å²) in [7, 11) is -3.92. The van der Waals surface area contributed by atoms with Crippen molar-refractivity contribution in [2.75, 3.05) is 6.26 Å². The highest BCUT2D eigenvalue weighted by Crippen LogP contribution is 1.97. The van der Waals surface area contributed by atoms with Gasteiger partial charge in [0.25, 0.3) is 0 Å². The molecule has 0 aliphatic rings. The van der Waals surface area contributed by atoms with Gasteiger partial charge in [0.2, 0.25) is 0 Å². The number of unbranched alkanes of at least 4 members (excludes halogenated alkanes) is 2. The molecule has 0 N–H and O–H groups in total. The van der Waals surface area contributed by atoms with E-state index in [0.717, 1.165) is 6.42 Å². The van der Waals surface area contributed by atoms with Gasteiger partial charge in [0.1, 0.15) is 6.54 Å². The summed E-state index contributed by atoms with van der Waals surface area (Å²) in [4.78, 5) is 0. The molecule has 0 amide bonds. The first-order chi connectivity index (χ1) is 8.36. The van der Waals surface area contributed by atoms with Crippen LogP contribution >= 0.6 is 0 Å². The molecule has 18 heavy (non-hydrogen) atoms. The number of rotatable bonds is 5. The number of pyridine rings is 1. The first kappa shape index (κ1) is 17.1. The zero-order valence-electron chi connectivity index (χ0n) is 11.4. The summed E-state index contributed by atoms with van der Waals surface area (Å²) in [5.74, 6) is 0. The summed E-state index contributed by atoms with van der Waals surface area (Å²) in [6.45, 7) is 5.61. The van der Waals surface area contributed by atoms with E-state index >= 15 is 0 Å². The maximum atomic E-state index is 9.08. The van der Waals surface area contributed by atoms with E-state index in [4.69, 9.17) is 13.0 Å². The van der Waals surface area contributed by atoms with Gasteiger partial charge >= 0.3 is 0 Å². The minimum absolute atomic E-state index is 0.604. The van der Waals surface area contributed by atoms with Crippen molar-refractivity contribution >= 4 is 10.1 Å². The average molecular weight is 273 g/mol. The van der Waals surface area contributed by atoms with Gasteiger partial charge in [-0.15, -0.1) is 0 Å². The van der Waals surface area contributed by atoms with Gasteiger partial charge in [-0.1, -0.05) is 20.3 Å². The maximum Gasteiger partial charge on any atom is 0.171 e. The molecular formula is C13H23NO3S. The number of aryl methyl sites for hydroxylation is 2. The van der Waals surface area contributed by atoms with Crippen LogP contribution in [0.15, 0.2) is 24.5 Å². The standard InChI is InChI=1S/C12H20N.CH4O3S/c1-3-5-6-9-13-10-7-8-12(4-2)11-13;1-5(2,3)4/h7-8,10-11H,3-6,9H2,1-2H3;1H3,(H,2,3,4)/q+1;/p-1. The van der Waals surface area contributed by atoms with Gasteiger partial charge in [-0.05, 0) is 18.9 Å². The Kier molecular flexibility index (Phi) is 8.58. The van der Waals surface area contributed by atoms with E-state index in [-0.39, 0.29) is 0 Å². The molecule has 0 aliphatic carbocycles. The molecule has 0 saturated heterocycles. The van der Waals surface area contributed by atoms with E-state index in [1.54, 1.807) is 0 Å². The lowest BCUT2D eigenvalue weighted by molar-refractivity contribution is -0.697. The van der Waals surface area contributed by atoms with Crippen molar-refractivity contribution < 1.29 is 17.5 Å². The van der Waals surface area contributed by atoms with Crippen LogP contribution in [0.3, 0.4) is 0 Å². The Hall–Kier alpha value is -0.940. The van der Waals surface area contributed by atoms with Crippen LogP contribution in [-0.2, 0) is 23.1 Å². The van der Waals surface area contributed by atoms with Gasteiger partial charge in [0, 0.05) is 24.3 Å². The van der Waals surface area contributed by atoms with Crippen LogP contribution in [0.4, 0.5) is 0 Å². The highest BCUT2D eigenvalue weighted by atomic mass is 32.2. The normalized spacial score (nSPS) is 10.7. The fraction of sp³-hybridized carbons (Fsp3) is 0.615. The zero-order chi connectivity index (χ0) is 14.0. The molecule has 1 heterocycles. The Morgan fingerprint density at radius 3 is 2.39 bits per heavy atom. The molecule has 5 heteroatoms. The third-order valence-electron chi connectivity index (χ3n) is 2.35. The summed E-state index contributed by atoms with van der Waals surface area (Å²) in [5, 5.41) is 0. The van der Waals surface area contributed by atoms with E-state index in [2.05, 4.69) is 42.9 Å². The fourth-order valence-corrected chi connectivity index (χ4v) is 1.47. The van der Waals surface area contributed by atoms with Crippen molar-refractivity contribution in [3.05, 3.63) is 30.1 Å². The van der Waals surface area contributed by atoms with Crippen LogP contribution in [0.1, 0.15) is 38.7 Å². The summed E-state index contributed by atoms with van der Waals surface area (Å²) >= 11 is 0. The average Bonchev–Trinajstić information content (AvgIpc) is 2.27. The topological polar surface area (TPSA) is 61.1 Å². The second-order valence-electron chi connectivity index (χ2n) is 4.21. The summed E-state index contributed by atoms with van der Waals surface area (Å²) in [6, 6.07) is 4.33. The van der Waals surface area contributed by atoms with Crippen LogP contribution in [0.25, 0.3) is 0 Å². The predicted octanol–water partition coefficient (Wildman–Crippen LogP) is 1.89. The Labute approximate surface area is 110 Å². The monoisotopic (exact) mass is 273 g/mol. The van der Waals surface area contributed by atoms with Crippen molar-refractivity contribution in [2.24, 2.45) is 0 Å². The summed E-state index contributed by atoms with van der Waals surface area (Å²) in [5.41, 5.74) is 1.43. The molecule has 0 fully saturated rings. The highest BCUT2D eigenvalue weighted by molar-refractivity contribution is 7.84. The lowest BCUT2D eigenvalue weighted by Gasteiger charge is -1.97. The van der Waals surface area contributed by atoms with Crippen molar-refractivity contribution in [1.29, 1.82) is 0 Å². The maximum absolute atomic E-state index is 9.08. The van der Waals surface area contributed by atoms with Crippen molar-refractivity contribution in [1.82, 2.24) is 0 Å². The van der Waals surface area contributed by atoms with E-state index in [0.29, 0.717) is 6.26 Å². The fourth-order valence-electron chi connectivity index (χ4n) is 1.47. The molecule has 0 aliphatic heterocycles. The third-order valence-corrected chi connectivity index (χ3v) is 2.35. The van der Waals surface area contributed by atoms with E-state index in [1.807, 2.05) is 0 Å². The summed E-state index contributed by atoms with van der Waals surface area (Å²) < 4.78 is 29.5. The number of hydrogen-bond acceptors (Lipinski definition) is 3. The van der Waals surface area contributed by atoms with Gasteiger partial charge in [0.05, 0.1) is 10.1 Å². The smallest absolute Gasteiger partial charge is 0.171 e. The molecule has 0 atom stereocenters. The van der Waals surface area contributed by atoms with Gasteiger partial charge in [-0.2, -0.15) is 0 Å². The van der Waals surface area contributed by atoms with Gasteiger partial charge in [-0.3, -0.25) is 0 Å². The van der Waals surface area contributed by atoms with Crippen LogP contribution in [0.5, 0.6) is 0 Å². The number of hydrogen-bond donors (Lipinski definition) is 0.